The van der Waals surface area contributed by atoms with E-state index in [0.29, 0.717) is 6.04 Å². The highest BCUT2D eigenvalue weighted by molar-refractivity contribution is 7.13. The molecule has 1 saturated heterocycles. The zero-order valence-electron chi connectivity index (χ0n) is 14.9. The molecule has 130 valence electrons. The Morgan fingerprint density at radius 2 is 1.96 bits per heavy atom. The van der Waals surface area contributed by atoms with Crippen LogP contribution in [0.1, 0.15) is 45.3 Å². The summed E-state index contributed by atoms with van der Waals surface area (Å²) in [4.78, 5) is 7.17. The largest absolute Gasteiger partial charge is 0.372 e. The first-order chi connectivity index (χ1) is 11.7. The second kappa shape index (κ2) is 7.99. The van der Waals surface area contributed by atoms with E-state index >= 15 is 0 Å². The van der Waals surface area contributed by atoms with Crippen molar-refractivity contribution in [3.63, 3.8) is 0 Å². The summed E-state index contributed by atoms with van der Waals surface area (Å²) < 4.78 is 0. The van der Waals surface area contributed by atoms with Crippen LogP contribution >= 0.6 is 11.3 Å². The molecule has 0 bridgehead atoms. The summed E-state index contributed by atoms with van der Waals surface area (Å²) in [7, 11) is 0. The molecular weight excluding hydrogens is 316 g/mol. The molecular formula is C19H28N4S. The number of benzene rings is 1. The van der Waals surface area contributed by atoms with Crippen molar-refractivity contribution in [2.45, 2.75) is 39.7 Å². The fourth-order valence-electron chi connectivity index (χ4n) is 3.10. The number of piperidine rings is 1. The quantitative estimate of drug-likeness (QED) is 0.790. The second-order valence-corrected chi connectivity index (χ2v) is 7.56. The first-order valence-electron chi connectivity index (χ1n) is 8.96. The highest BCUT2D eigenvalue weighted by Gasteiger charge is 2.16. The third-order valence-electron chi connectivity index (χ3n) is 4.74. The fraction of sp³-hybridized carbons (Fsp3) is 0.526. The molecule has 2 N–H and O–H groups in total. The Labute approximate surface area is 149 Å². The molecule has 1 aliphatic rings. The molecule has 24 heavy (non-hydrogen) atoms. The van der Waals surface area contributed by atoms with E-state index in [2.05, 4.69) is 70.9 Å². The van der Waals surface area contributed by atoms with Crippen LogP contribution in [0.5, 0.6) is 0 Å². The van der Waals surface area contributed by atoms with E-state index in [1.807, 2.05) is 0 Å². The van der Waals surface area contributed by atoms with Crippen LogP contribution in [0.25, 0.3) is 0 Å². The molecule has 1 aliphatic heterocycles. The number of hydrogen-bond donors (Lipinski definition) is 2. The molecule has 2 aromatic rings. The van der Waals surface area contributed by atoms with E-state index in [1.54, 1.807) is 11.3 Å². The molecule has 1 fully saturated rings. The van der Waals surface area contributed by atoms with Crippen molar-refractivity contribution in [2.24, 2.45) is 5.92 Å². The Bertz CT molecular complexity index is 629. The molecule has 0 amide bonds. The van der Waals surface area contributed by atoms with Crippen LogP contribution in [0.3, 0.4) is 0 Å². The number of rotatable bonds is 6. The maximum Gasteiger partial charge on any atom is 0.187 e. The van der Waals surface area contributed by atoms with Gasteiger partial charge in [0.15, 0.2) is 5.13 Å². The van der Waals surface area contributed by atoms with Crippen LogP contribution in [0.4, 0.5) is 16.5 Å². The topological polar surface area (TPSA) is 40.2 Å². The standard InChI is InChI=1S/C19H28N4S/c1-4-20-15(3)18-13-24-19(22-18)21-16-5-7-17(8-6-16)23-11-9-14(2)10-12-23/h5-8,13-15,20H,4,9-12H2,1-3H3,(H,21,22). The van der Waals surface area contributed by atoms with Gasteiger partial charge in [0.05, 0.1) is 5.69 Å². The third-order valence-corrected chi connectivity index (χ3v) is 5.52. The van der Waals surface area contributed by atoms with Crippen LogP contribution in [0, 0.1) is 5.92 Å². The minimum Gasteiger partial charge on any atom is -0.372 e. The minimum absolute atomic E-state index is 0.297. The maximum absolute atomic E-state index is 4.68. The van der Waals surface area contributed by atoms with Gasteiger partial charge in [-0.25, -0.2) is 4.98 Å². The van der Waals surface area contributed by atoms with Crippen molar-refractivity contribution < 1.29 is 0 Å². The van der Waals surface area contributed by atoms with Crippen molar-refractivity contribution in [3.8, 4) is 0 Å². The smallest absolute Gasteiger partial charge is 0.187 e. The molecule has 0 aliphatic carbocycles. The molecule has 1 aromatic carbocycles. The average molecular weight is 345 g/mol. The molecule has 1 unspecified atom stereocenters. The predicted octanol–water partition coefficient (Wildman–Crippen LogP) is 4.79. The van der Waals surface area contributed by atoms with E-state index in [-0.39, 0.29) is 0 Å². The highest BCUT2D eigenvalue weighted by Crippen LogP contribution is 2.27. The van der Waals surface area contributed by atoms with Crippen molar-refractivity contribution in [1.29, 1.82) is 0 Å². The zero-order chi connectivity index (χ0) is 16.9. The van der Waals surface area contributed by atoms with Gasteiger partial charge in [0, 0.05) is 35.9 Å². The van der Waals surface area contributed by atoms with E-state index < -0.39 is 0 Å². The van der Waals surface area contributed by atoms with E-state index in [9.17, 15) is 0 Å². The van der Waals surface area contributed by atoms with Gasteiger partial charge in [0.25, 0.3) is 0 Å². The predicted molar refractivity (Wildman–Crippen MR) is 105 cm³/mol. The maximum atomic E-state index is 4.68. The van der Waals surface area contributed by atoms with Crippen LogP contribution in [0.2, 0.25) is 0 Å². The van der Waals surface area contributed by atoms with Crippen molar-refractivity contribution in [1.82, 2.24) is 10.3 Å². The van der Waals surface area contributed by atoms with Crippen LogP contribution in [-0.4, -0.2) is 24.6 Å². The summed E-state index contributed by atoms with van der Waals surface area (Å²) in [6.45, 7) is 9.92. The Balaban J connectivity index is 1.60. The number of aromatic nitrogens is 1. The SMILES string of the molecule is CCNC(C)c1csc(Nc2ccc(N3CCC(C)CC3)cc2)n1. The number of hydrogen-bond acceptors (Lipinski definition) is 5. The molecule has 0 radical (unpaired) electrons. The minimum atomic E-state index is 0.297. The summed E-state index contributed by atoms with van der Waals surface area (Å²) in [6.07, 6.45) is 2.59. The number of anilines is 3. The van der Waals surface area contributed by atoms with E-state index in [4.69, 9.17) is 0 Å². The normalized spacial score (nSPS) is 17.0. The first-order valence-corrected chi connectivity index (χ1v) is 9.84. The molecule has 2 heterocycles. The van der Waals surface area contributed by atoms with Crippen LogP contribution in [-0.2, 0) is 0 Å². The summed E-state index contributed by atoms with van der Waals surface area (Å²) in [5.41, 5.74) is 3.53. The van der Waals surface area contributed by atoms with Gasteiger partial charge in [-0.1, -0.05) is 13.8 Å². The Morgan fingerprint density at radius 1 is 1.25 bits per heavy atom. The lowest BCUT2D eigenvalue weighted by molar-refractivity contribution is 0.438. The average Bonchev–Trinajstić information content (AvgIpc) is 3.05. The van der Waals surface area contributed by atoms with Gasteiger partial charge in [0.1, 0.15) is 0 Å². The van der Waals surface area contributed by atoms with Crippen LogP contribution in [0.15, 0.2) is 29.6 Å². The van der Waals surface area contributed by atoms with Gasteiger partial charge < -0.3 is 15.5 Å². The summed E-state index contributed by atoms with van der Waals surface area (Å²) in [6, 6.07) is 9.04. The van der Waals surface area contributed by atoms with Gasteiger partial charge >= 0.3 is 0 Å². The van der Waals surface area contributed by atoms with Gasteiger partial charge in [-0.2, -0.15) is 0 Å². The van der Waals surface area contributed by atoms with Crippen LogP contribution < -0.4 is 15.5 Å². The Morgan fingerprint density at radius 3 is 2.62 bits per heavy atom. The molecule has 1 atom stereocenters. The monoisotopic (exact) mass is 344 g/mol. The molecule has 0 spiro atoms. The summed E-state index contributed by atoms with van der Waals surface area (Å²) in [5.74, 6) is 0.867. The Kier molecular flexibility index (Phi) is 5.74. The first kappa shape index (κ1) is 17.2. The van der Waals surface area contributed by atoms with E-state index in [0.717, 1.165) is 29.0 Å². The van der Waals surface area contributed by atoms with Crippen molar-refractivity contribution in [3.05, 3.63) is 35.3 Å². The zero-order valence-corrected chi connectivity index (χ0v) is 15.7. The lowest BCUT2D eigenvalue weighted by Crippen LogP contribution is -2.32. The molecule has 1 aromatic heterocycles. The number of nitrogens with one attached hydrogen (secondary N) is 2. The van der Waals surface area contributed by atoms with E-state index in [1.165, 1.54) is 31.6 Å². The Hall–Kier alpha value is -1.59. The van der Waals surface area contributed by atoms with Gasteiger partial charge in [-0.3, -0.25) is 0 Å². The van der Waals surface area contributed by atoms with Gasteiger partial charge in [-0.05, 0) is 56.5 Å². The fourth-order valence-corrected chi connectivity index (χ4v) is 3.92. The second-order valence-electron chi connectivity index (χ2n) is 6.70. The number of thiazole rings is 1. The molecule has 5 heteroatoms. The number of nitrogens with zero attached hydrogens (tertiary/aromatic N) is 2. The summed E-state index contributed by atoms with van der Waals surface area (Å²) in [5, 5.41) is 9.89. The van der Waals surface area contributed by atoms with Crippen molar-refractivity contribution in [2.75, 3.05) is 29.9 Å². The molecule has 0 saturated carbocycles. The summed E-state index contributed by atoms with van der Waals surface area (Å²) >= 11 is 1.66. The molecule has 4 nitrogen and oxygen atoms in total. The lowest BCUT2D eigenvalue weighted by Gasteiger charge is -2.32. The highest BCUT2D eigenvalue weighted by atomic mass is 32.1. The third kappa shape index (κ3) is 4.28. The van der Waals surface area contributed by atoms with Gasteiger partial charge in [-0.15, -0.1) is 11.3 Å². The van der Waals surface area contributed by atoms with Crippen molar-refractivity contribution >= 4 is 27.8 Å². The van der Waals surface area contributed by atoms with Gasteiger partial charge in [0.2, 0.25) is 0 Å². The lowest BCUT2D eigenvalue weighted by atomic mass is 9.99. The molecule has 3 rings (SSSR count).